The Balaban J connectivity index is 2.03. The molecule has 6 nitrogen and oxygen atoms in total. The van der Waals surface area contributed by atoms with Gasteiger partial charge in [-0.2, -0.15) is 0 Å². The van der Waals surface area contributed by atoms with E-state index in [4.69, 9.17) is 9.47 Å². The van der Waals surface area contributed by atoms with Crippen LogP contribution in [0, 0.1) is 0 Å². The van der Waals surface area contributed by atoms with Crippen LogP contribution in [0.1, 0.15) is 17.5 Å². The first-order chi connectivity index (χ1) is 12.9. The van der Waals surface area contributed by atoms with Crippen LogP contribution >= 0.6 is 0 Å². The summed E-state index contributed by atoms with van der Waals surface area (Å²) in [6.45, 7) is 0. The average molecular weight is 368 g/mol. The lowest BCUT2D eigenvalue weighted by atomic mass is 10.1. The molecule has 0 aromatic heterocycles. The molecule has 0 aliphatic heterocycles. The van der Waals surface area contributed by atoms with Crippen LogP contribution in [-0.2, 0) is 9.59 Å². The smallest absolute Gasteiger partial charge is 0.163 e. The fourth-order valence-electron chi connectivity index (χ4n) is 2.36. The summed E-state index contributed by atoms with van der Waals surface area (Å²) < 4.78 is 10.3. The molecule has 0 heterocycles. The zero-order valence-corrected chi connectivity index (χ0v) is 15.0. The summed E-state index contributed by atoms with van der Waals surface area (Å²) in [6.07, 6.45) is 5.18. The molecule has 0 unspecified atom stereocenters. The minimum absolute atomic E-state index is 0.0435. The molecule has 0 aliphatic rings. The number of carbonyl (C=O) groups excluding carboxylic acids is 2. The summed E-state index contributed by atoms with van der Waals surface area (Å²) in [5.74, 6) is 0.304. The molecular weight excluding hydrogens is 348 g/mol. The Labute approximate surface area is 157 Å². The maximum Gasteiger partial charge on any atom is 0.163 e. The zero-order valence-electron chi connectivity index (χ0n) is 15.0. The predicted octanol–water partition coefficient (Wildman–Crippen LogP) is 3.37. The number of rotatable bonds is 8. The Morgan fingerprint density at radius 1 is 0.815 bits per heavy atom. The molecule has 0 aliphatic carbocycles. The molecule has 2 aromatic carbocycles. The number of aromatic hydroxyl groups is 2. The lowest BCUT2D eigenvalue weighted by molar-refractivity contribution is -0.121. The number of benzene rings is 2. The lowest BCUT2D eigenvalue weighted by Gasteiger charge is -2.05. The highest BCUT2D eigenvalue weighted by atomic mass is 16.5. The second kappa shape index (κ2) is 9.24. The first kappa shape index (κ1) is 19.8. The van der Waals surface area contributed by atoms with Gasteiger partial charge in [-0.1, -0.05) is 0 Å². The van der Waals surface area contributed by atoms with Crippen LogP contribution in [0.5, 0.6) is 23.0 Å². The number of phenols is 2. The van der Waals surface area contributed by atoms with Gasteiger partial charge in [0.15, 0.2) is 11.6 Å². The normalized spacial score (nSPS) is 11.0. The lowest BCUT2D eigenvalue weighted by Crippen LogP contribution is -2.02. The van der Waals surface area contributed by atoms with Crippen molar-refractivity contribution in [2.24, 2.45) is 0 Å². The number of methoxy groups -OCH3 is 2. The molecule has 2 N–H and O–H groups in total. The topological polar surface area (TPSA) is 93.1 Å². The third-order valence-corrected chi connectivity index (χ3v) is 3.67. The highest BCUT2D eigenvalue weighted by molar-refractivity contribution is 6.11. The summed E-state index contributed by atoms with van der Waals surface area (Å²) in [7, 11) is 2.96. The van der Waals surface area contributed by atoms with Gasteiger partial charge in [0.25, 0.3) is 0 Å². The Kier molecular flexibility index (Phi) is 6.77. The molecule has 0 radical (unpaired) electrons. The number of ether oxygens (including phenoxy) is 2. The van der Waals surface area contributed by atoms with Crippen LogP contribution in [0.2, 0.25) is 0 Å². The molecule has 0 amide bonds. The molecule has 6 heteroatoms. The van der Waals surface area contributed by atoms with Gasteiger partial charge < -0.3 is 19.7 Å². The van der Waals surface area contributed by atoms with Crippen molar-refractivity contribution >= 4 is 23.7 Å². The van der Waals surface area contributed by atoms with E-state index >= 15 is 0 Å². The first-order valence-corrected chi connectivity index (χ1v) is 8.08. The van der Waals surface area contributed by atoms with Crippen LogP contribution < -0.4 is 9.47 Å². The van der Waals surface area contributed by atoms with E-state index in [2.05, 4.69) is 0 Å². The highest BCUT2D eigenvalue weighted by Gasteiger charge is 2.07. The van der Waals surface area contributed by atoms with E-state index in [0.29, 0.717) is 22.6 Å². The quantitative estimate of drug-likeness (QED) is 0.548. The van der Waals surface area contributed by atoms with E-state index in [-0.39, 0.29) is 17.9 Å². The van der Waals surface area contributed by atoms with Crippen molar-refractivity contribution in [1.29, 1.82) is 0 Å². The number of hydrogen-bond donors (Lipinski definition) is 2. The van der Waals surface area contributed by atoms with Gasteiger partial charge in [-0.25, -0.2) is 0 Å². The van der Waals surface area contributed by atoms with Crippen LogP contribution in [0.3, 0.4) is 0 Å². The molecule has 2 aromatic rings. The summed E-state index contributed by atoms with van der Waals surface area (Å²) in [4.78, 5) is 24.0. The van der Waals surface area contributed by atoms with E-state index in [0.717, 1.165) is 0 Å². The molecule has 0 spiro atoms. The van der Waals surface area contributed by atoms with Gasteiger partial charge in [-0.15, -0.1) is 0 Å². The summed E-state index contributed by atoms with van der Waals surface area (Å²) in [6, 6.07) is 9.02. The van der Waals surface area contributed by atoms with Gasteiger partial charge in [0, 0.05) is 11.1 Å². The largest absolute Gasteiger partial charge is 0.508 e. The molecule has 0 saturated carbocycles. The monoisotopic (exact) mass is 368 g/mol. The standard InChI is InChI=1S/C21H20O6/c1-26-20-9-7-16(22)11-14(20)3-5-18(24)13-19(25)6-4-15-12-17(23)8-10-21(15)27-2/h3-12,22-23H,13H2,1-2H3. The Hall–Kier alpha value is -3.54. The Morgan fingerprint density at radius 2 is 1.22 bits per heavy atom. The predicted molar refractivity (Wildman–Crippen MR) is 102 cm³/mol. The molecule has 0 saturated heterocycles. The van der Waals surface area contributed by atoms with Crippen LogP contribution in [-0.4, -0.2) is 36.0 Å². The zero-order chi connectivity index (χ0) is 19.8. The van der Waals surface area contributed by atoms with E-state index in [1.54, 1.807) is 12.1 Å². The number of carbonyl (C=O) groups is 2. The first-order valence-electron chi connectivity index (χ1n) is 8.08. The number of ketones is 2. The van der Waals surface area contributed by atoms with E-state index in [1.807, 2.05) is 0 Å². The van der Waals surface area contributed by atoms with Crippen LogP contribution in [0.4, 0.5) is 0 Å². The van der Waals surface area contributed by atoms with Gasteiger partial charge >= 0.3 is 0 Å². The highest BCUT2D eigenvalue weighted by Crippen LogP contribution is 2.25. The molecule has 0 bridgehead atoms. The van der Waals surface area contributed by atoms with Gasteiger partial charge in [-0.05, 0) is 60.7 Å². The summed E-state index contributed by atoms with van der Waals surface area (Å²) in [5, 5.41) is 19.0. The SMILES string of the molecule is COc1ccc(O)cc1C=CC(=O)CC(=O)C=Cc1cc(O)ccc1OC. The molecule has 27 heavy (non-hydrogen) atoms. The molecule has 0 atom stereocenters. The van der Waals surface area contributed by atoms with Crippen molar-refractivity contribution in [1.82, 2.24) is 0 Å². The van der Waals surface area contributed by atoms with Crippen molar-refractivity contribution in [3.05, 3.63) is 59.7 Å². The number of phenolic OH excluding ortho intramolecular Hbond substituents is 2. The third kappa shape index (κ3) is 5.74. The van der Waals surface area contributed by atoms with Crippen molar-refractivity contribution < 1.29 is 29.3 Å². The fraction of sp³-hybridized carbons (Fsp3) is 0.143. The maximum atomic E-state index is 12.0. The molecule has 140 valence electrons. The second-order valence-electron chi connectivity index (χ2n) is 5.63. The maximum absolute atomic E-state index is 12.0. The van der Waals surface area contributed by atoms with Crippen molar-refractivity contribution in [2.45, 2.75) is 6.42 Å². The third-order valence-electron chi connectivity index (χ3n) is 3.67. The fourth-order valence-corrected chi connectivity index (χ4v) is 2.36. The molecule has 2 rings (SSSR count). The van der Waals surface area contributed by atoms with Crippen LogP contribution in [0.25, 0.3) is 12.2 Å². The second-order valence-corrected chi connectivity index (χ2v) is 5.63. The average Bonchev–Trinajstić information content (AvgIpc) is 2.65. The minimum atomic E-state index is -0.391. The van der Waals surface area contributed by atoms with Gasteiger partial charge in [0.05, 0.1) is 20.6 Å². The Morgan fingerprint density at radius 3 is 1.59 bits per heavy atom. The minimum Gasteiger partial charge on any atom is -0.508 e. The number of hydrogen-bond acceptors (Lipinski definition) is 6. The van der Waals surface area contributed by atoms with E-state index < -0.39 is 11.6 Å². The van der Waals surface area contributed by atoms with Gasteiger partial charge in [0.1, 0.15) is 23.0 Å². The van der Waals surface area contributed by atoms with E-state index in [9.17, 15) is 19.8 Å². The number of allylic oxidation sites excluding steroid dienone is 2. The van der Waals surface area contributed by atoms with Crippen molar-refractivity contribution in [2.75, 3.05) is 14.2 Å². The van der Waals surface area contributed by atoms with Gasteiger partial charge in [-0.3, -0.25) is 9.59 Å². The van der Waals surface area contributed by atoms with Gasteiger partial charge in [0.2, 0.25) is 0 Å². The molecule has 0 fully saturated rings. The summed E-state index contributed by atoms with van der Waals surface area (Å²) in [5.41, 5.74) is 1.05. The van der Waals surface area contributed by atoms with Crippen molar-refractivity contribution in [3.8, 4) is 23.0 Å². The molecular formula is C21H20O6. The summed E-state index contributed by atoms with van der Waals surface area (Å²) >= 11 is 0. The van der Waals surface area contributed by atoms with Crippen molar-refractivity contribution in [3.63, 3.8) is 0 Å². The van der Waals surface area contributed by atoms with Crippen LogP contribution in [0.15, 0.2) is 48.6 Å². The van der Waals surface area contributed by atoms with E-state index in [1.165, 1.54) is 62.8 Å². The Bertz CT molecular complexity index is 822.